The van der Waals surface area contributed by atoms with Gasteiger partial charge in [0.25, 0.3) is 0 Å². The van der Waals surface area contributed by atoms with Crippen molar-refractivity contribution in [2.45, 2.75) is 12.1 Å². The van der Waals surface area contributed by atoms with Gasteiger partial charge in [-0.25, -0.2) is 4.39 Å². The van der Waals surface area contributed by atoms with Crippen LogP contribution in [0.25, 0.3) is 17.1 Å². The van der Waals surface area contributed by atoms with E-state index >= 15 is 0 Å². The van der Waals surface area contributed by atoms with Crippen LogP contribution in [0, 0.1) is 12.7 Å². The predicted molar refractivity (Wildman–Crippen MR) is 110 cm³/mol. The maximum absolute atomic E-state index is 13.3. The molecular formula is C21H17FN4O2S. The number of nitrogens with zero attached hydrogens (tertiary/aromatic N) is 3. The molecule has 0 aliphatic heterocycles. The monoisotopic (exact) mass is 408 g/mol. The van der Waals surface area contributed by atoms with Crippen molar-refractivity contribution < 1.29 is 13.6 Å². The lowest BCUT2D eigenvalue weighted by molar-refractivity contribution is -0.113. The van der Waals surface area contributed by atoms with Gasteiger partial charge < -0.3 is 9.73 Å². The molecule has 0 aliphatic rings. The lowest BCUT2D eigenvalue weighted by Crippen LogP contribution is -2.14. The standard InChI is InChI=1S/C21H17FN4O2S/c1-14-18(10-11-28-14)20-24-25-21(26(20)17-8-3-2-4-9-17)29-13-19(27)23-16-7-5-6-15(22)12-16/h2-12H,13H2,1H3,(H,23,27). The molecule has 0 bridgehead atoms. The summed E-state index contributed by atoms with van der Waals surface area (Å²) in [5, 5.41) is 11.9. The summed E-state index contributed by atoms with van der Waals surface area (Å²) in [4.78, 5) is 12.3. The number of para-hydroxylation sites is 1. The number of anilines is 1. The molecule has 146 valence electrons. The van der Waals surface area contributed by atoms with E-state index in [4.69, 9.17) is 4.42 Å². The van der Waals surface area contributed by atoms with Crippen LogP contribution >= 0.6 is 11.8 Å². The van der Waals surface area contributed by atoms with Gasteiger partial charge in [0.05, 0.1) is 17.6 Å². The highest BCUT2D eigenvalue weighted by Crippen LogP contribution is 2.30. The normalized spacial score (nSPS) is 10.8. The van der Waals surface area contributed by atoms with E-state index in [1.54, 1.807) is 18.4 Å². The first-order valence-electron chi connectivity index (χ1n) is 8.85. The number of aromatic nitrogens is 3. The summed E-state index contributed by atoms with van der Waals surface area (Å²) in [5.74, 6) is 0.806. The molecule has 2 aromatic heterocycles. The Hall–Kier alpha value is -3.39. The topological polar surface area (TPSA) is 72.9 Å². The first-order chi connectivity index (χ1) is 14.1. The molecule has 0 aliphatic carbocycles. The van der Waals surface area contributed by atoms with Gasteiger partial charge in [0, 0.05) is 11.4 Å². The van der Waals surface area contributed by atoms with Gasteiger partial charge in [-0.15, -0.1) is 10.2 Å². The van der Waals surface area contributed by atoms with Crippen molar-refractivity contribution in [1.29, 1.82) is 0 Å². The van der Waals surface area contributed by atoms with E-state index in [0.717, 1.165) is 17.0 Å². The maximum Gasteiger partial charge on any atom is 0.234 e. The number of hydrogen-bond donors (Lipinski definition) is 1. The molecular weight excluding hydrogens is 391 g/mol. The lowest BCUT2D eigenvalue weighted by Gasteiger charge is -2.10. The van der Waals surface area contributed by atoms with Gasteiger partial charge in [0.2, 0.25) is 5.91 Å². The smallest absolute Gasteiger partial charge is 0.234 e. The molecule has 2 aromatic carbocycles. The fraction of sp³-hybridized carbons (Fsp3) is 0.0952. The Bertz CT molecular complexity index is 1140. The predicted octanol–water partition coefficient (Wildman–Crippen LogP) is 4.71. The molecule has 2 heterocycles. The summed E-state index contributed by atoms with van der Waals surface area (Å²) in [6.45, 7) is 1.86. The van der Waals surface area contributed by atoms with E-state index in [2.05, 4.69) is 15.5 Å². The van der Waals surface area contributed by atoms with Gasteiger partial charge in [-0.3, -0.25) is 9.36 Å². The molecule has 4 rings (SSSR count). The Morgan fingerprint density at radius 2 is 1.97 bits per heavy atom. The molecule has 0 saturated carbocycles. The molecule has 0 radical (unpaired) electrons. The summed E-state index contributed by atoms with van der Waals surface area (Å²) in [7, 11) is 0. The van der Waals surface area contributed by atoms with Crippen LogP contribution in [0.1, 0.15) is 5.76 Å². The van der Waals surface area contributed by atoms with Gasteiger partial charge >= 0.3 is 0 Å². The minimum atomic E-state index is -0.403. The van der Waals surface area contributed by atoms with Crippen molar-refractivity contribution in [3.63, 3.8) is 0 Å². The SMILES string of the molecule is Cc1occc1-c1nnc(SCC(=O)Nc2cccc(F)c2)n1-c1ccccc1. The van der Waals surface area contributed by atoms with Crippen LogP contribution in [0.3, 0.4) is 0 Å². The zero-order chi connectivity index (χ0) is 20.2. The van der Waals surface area contributed by atoms with E-state index in [-0.39, 0.29) is 11.7 Å². The Morgan fingerprint density at radius 3 is 2.69 bits per heavy atom. The second-order valence-corrected chi connectivity index (χ2v) is 7.16. The Balaban J connectivity index is 1.58. The third-order valence-corrected chi connectivity index (χ3v) is 5.12. The highest BCUT2D eigenvalue weighted by Gasteiger charge is 2.19. The minimum absolute atomic E-state index is 0.103. The molecule has 8 heteroatoms. The summed E-state index contributed by atoms with van der Waals surface area (Å²) in [6.07, 6.45) is 1.61. The number of furan rings is 1. The number of halogens is 1. The summed E-state index contributed by atoms with van der Waals surface area (Å²) < 4.78 is 20.6. The van der Waals surface area contributed by atoms with E-state index in [9.17, 15) is 9.18 Å². The number of benzene rings is 2. The van der Waals surface area contributed by atoms with Gasteiger partial charge in [0.15, 0.2) is 11.0 Å². The quantitative estimate of drug-likeness (QED) is 0.468. The number of hydrogen-bond acceptors (Lipinski definition) is 5. The molecule has 1 N–H and O–H groups in total. The molecule has 0 atom stereocenters. The summed E-state index contributed by atoms with van der Waals surface area (Å²) >= 11 is 1.25. The largest absolute Gasteiger partial charge is 0.469 e. The van der Waals surface area contributed by atoms with Gasteiger partial charge in [-0.2, -0.15) is 0 Å². The van der Waals surface area contributed by atoms with Gasteiger partial charge in [-0.1, -0.05) is 36.0 Å². The first kappa shape index (κ1) is 18.9. The number of carbonyl (C=O) groups excluding carboxylic acids is 1. The molecule has 0 unspecified atom stereocenters. The molecule has 0 saturated heterocycles. The average molecular weight is 408 g/mol. The van der Waals surface area contributed by atoms with Crippen LogP contribution in [-0.4, -0.2) is 26.4 Å². The third kappa shape index (κ3) is 4.22. The highest BCUT2D eigenvalue weighted by atomic mass is 32.2. The molecule has 1 amide bonds. The second-order valence-electron chi connectivity index (χ2n) is 6.21. The zero-order valence-corrected chi connectivity index (χ0v) is 16.3. The van der Waals surface area contributed by atoms with Gasteiger partial charge in [-0.05, 0) is 43.3 Å². The van der Waals surface area contributed by atoms with Crippen molar-refractivity contribution >= 4 is 23.4 Å². The number of rotatable bonds is 6. The van der Waals surface area contributed by atoms with Crippen molar-refractivity contribution in [3.8, 4) is 17.1 Å². The van der Waals surface area contributed by atoms with E-state index in [1.165, 1.54) is 23.9 Å². The molecule has 29 heavy (non-hydrogen) atoms. The Kier molecular flexibility index (Phi) is 5.44. The molecule has 4 aromatic rings. The van der Waals surface area contributed by atoms with E-state index < -0.39 is 5.82 Å². The van der Waals surface area contributed by atoms with Crippen molar-refractivity contribution in [2.75, 3.05) is 11.1 Å². The van der Waals surface area contributed by atoms with Crippen molar-refractivity contribution in [3.05, 3.63) is 78.5 Å². The minimum Gasteiger partial charge on any atom is -0.469 e. The van der Waals surface area contributed by atoms with Crippen molar-refractivity contribution in [1.82, 2.24) is 14.8 Å². The van der Waals surface area contributed by atoms with E-state index in [1.807, 2.05) is 47.9 Å². The van der Waals surface area contributed by atoms with Gasteiger partial charge in [0.1, 0.15) is 11.6 Å². The number of carbonyl (C=O) groups is 1. The molecule has 0 spiro atoms. The summed E-state index contributed by atoms with van der Waals surface area (Å²) in [6, 6.07) is 17.3. The summed E-state index contributed by atoms with van der Waals surface area (Å²) in [5.41, 5.74) is 2.12. The van der Waals surface area contributed by atoms with E-state index in [0.29, 0.717) is 16.7 Å². The van der Waals surface area contributed by atoms with Crippen LogP contribution in [0.15, 0.2) is 76.5 Å². The Morgan fingerprint density at radius 1 is 1.14 bits per heavy atom. The molecule has 6 nitrogen and oxygen atoms in total. The average Bonchev–Trinajstić information content (AvgIpc) is 3.32. The number of nitrogens with one attached hydrogen (secondary N) is 1. The maximum atomic E-state index is 13.3. The number of amides is 1. The number of thioether (sulfide) groups is 1. The molecule has 0 fully saturated rings. The Labute approximate surface area is 170 Å². The number of aryl methyl sites for hydroxylation is 1. The third-order valence-electron chi connectivity index (χ3n) is 4.19. The highest BCUT2D eigenvalue weighted by molar-refractivity contribution is 7.99. The van der Waals surface area contributed by atoms with Crippen LogP contribution in [0.5, 0.6) is 0 Å². The fourth-order valence-corrected chi connectivity index (χ4v) is 3.61. The first-order valence-corrected chi connectivity index (χ1v) is 9.84. The fourth-order valence-electron chi connectivity index (χ4n) is 2.86. The lowest BCUT2D eigenvalue weighted by atomic mass is 10.2. The zero-order valence-electron chi connectivity index (χ0n) is 15.5. The second kappa shape index (κ2) is 8.32. The van der Waals surface area contributed by atoms with Crippen LogP contribution < -0.4 is 5.32 Å². The van der Waals surface area contributed by atoms with Crippen LogP contribution in [0.2, 0.25) is 0 Å². The van der Waals surface area contributed by atoms with Crippen LogP contribution in [-0.2, 0) is 4.79 Å². The van der Waals surface area contributed by atoms with Crippen molar-refractivity contribution in [2.24, 2.45) is 0 Å². The van der Waals surface area contributed by atoms with Crippen LogP contribution in [0.4, 0.5) is 10.1 Å².